The molecule has 1 aromatic heterocycles. The monoisotopic (exact) mass is 357 g/mol. The van der Waals surface area contributed by atoms with Crippen LogP contribution < -0.4 is 26.8 Å². The van der Waals surface area contributed by atoms with Crippen molar-refractivity contribution >= 4 is 17.4 Å². The van der Waals surface area contributed by atoms with Crippen LogP contribution in [0.4, 0.5) is 11.5 Å². The van der Waals surface area contributed by atoms with E-state index >= 15 is 0 Å². The maximum Gasteiger partial charge on any atom is 0.332 e. The third-order valence-electron chi connectivity index (χ3n) is 4.67. The molecule has 8 nitrogen and oxygen atoms in total. The highest BCUT2D eigenvalue weighted by Crippen LogP contribution is 2.25. The quantitative estimate of drug-likeness (QED) is 0.815. The summed E-state index contributed by atoms with van der Waals surface area (Å²) >= 11 is 0. The van der Waals surface area contributed by atoms with Gasteiger partial charge in [0.2, 0.25) is 5.91 Å². The standard InChI is InChI=1S/C18H23N5O3/c1-4-13(12-8-6-5-7-9-12)20-14(24)10-23-11-19-16-15(23)17(25)22(3)18(26)21(16)2/h5-9,13,19H,4,10-11H2,1-3H3,(H,20,24). The van der Waals surface area contributed by atoms with E-state index in [0.29, 0.717) is 18.2 Å². The number of aromatic nitrogens is 2. The Hall–Kier alpha value is -3.03. The maximum atomic E-state index is 12.5. The minimum absolute atomic E-state index is 0.0385. The Morgan fingerprint density at radius 2 is 1.88 bits per heavy atom. The third-order valence-corrected chi connectivity index (χ3v) is 4.67. The molecule has 0 bridgehead atoms. The first kappa shape index (κ1) is 17.8. The first-order valence-electron chi connectivity index (χ1n) is 8.57. The SMILES string of the molecule is CCC(NC(=O)CN1CNc2c1c(=O)n(C)c(=O)n2C)c1ccccc1. The fraction of sp³-hybridized carbons (Fsp3) is 0.389. The molecule has 2 aromatic rings. The van der Waals surface area contributed by atoms with Gasteiger partial charge in [0, 0.05) is 14.1 Å². The maximum absolute atomic E-state index is 12.5. The third kappa shape index (κ3) is 3.10. The van der Waals surface area contributed by atoms with Gasteiger partial charge in [0.1, 0.15) is 11.5 Å². The van der Waals surface area contributed by atoms with Crippen LogP contribution in [0.2, 0.25) is 0 Å². The lowest BCUT2D eigenvalue weighted by molar-refractivity contribution is -0.120. The molecule has 2 N–H and O–H groups in total. The Labute approximate surface area is 151 Å². The summed E-state index contributed by atoms with van der Waals surface area (Å²) in [6.07, 6.45) is 0.765. The fourth-order valence-corrected chi connectivity index (χ4v) is 3.22. The van der Waals surface area contributed by atoms with E-state index in [4.69, 9.17) is 0 Å². The molecule has 0 aliphatic carbocycles. The van der Waals surface area contributed by atoms with E-state index in [1.54, 1.807) is 11.9 Å². The molecule has 0 saturated heterocycles. The summed E-state index contributed by atoms with van der Waals surface area (Å²) in [5, 5.41) is 6.04. The van der Waals surface area contributed by atoms with Gasteiger partial charge in [0.15, 0.2) is 0 Å². The first-order chi connectivity index (χ1) is 12.4. The van der Waals surface area contributed by atoms with Crippen LogP contribution in [0.15, 0.2) is 39.9 Å². The molecule has 1 amide bonds. The van der Waals surface area contributed by atoms with Crippen molar-refractivity contribution in [2.45, 2.75) is 19.4 Å². The second-order valence-electron chi connectivity index (χ2n) is 6.37. The van der Waals surface area contributed by atoms with E-state index < -0.39 is 11.2 Å². The van der Waals surface area contributed by atoms with Gasteiger partial charge in [0.05, 0.1) is 19.3 Å². The second kappa shape index (κ2) is 7.07. The van der Waals surface area contributed by atoms with E-state index in [1.165, 1.54) is 11.6 Å². The topological polar surface area (TPSA) is 88.4 Å². The summed E-state index contributed by atoms with van der Waals surface area (Å²) in [6.45, 7) is 2.35. The normalized spacial score (nSPS) is 13.9. The molecule has 0 saturated carbocycles. The summed E-state index contributed by atoms with van der Waals surface area (Å²) in [4.78, 5) is 38.7. The van der Waals surface area contributed by atoms with E-state index in [2.05, 4.69) is 10.6 Å². The van der Waals surface area contributed by atoms with Crippen LogP contribution in [-0.4, -0.2) is 28.3 Å². The largest absolute Gasteiger partial charge is 0.352 e. The molecule has 8 heteroatoms. The van der Waals surface area contributed by atoms with Gasteiger partial charge in [-0.3, -0.25) is 18.7 Å². The van der Waals surface area contributed by atoms with Gasteiger partial charge in [-0.25, -0.2) is 4.79 Å². The molecular formula is C18H23N5O3. The van der Waals surface area contributed by atoms with Crippen molar-refractivity contribution < 1.29 is 4.79 Å². The van der Waals surface area contributed by atoms with Gasteiger partial charge in [-0.15, -0.1) is 0 Å². The van der Waals surface area contributed by atoms with Crippen LogP contribution in [0.3, 0.4) is 0 Å². The van der Waals surface area contributed by atoms with Crippen molar-refractivity contribution in [2.24, 2.45) is 14.1 Å². The van der Waals surface area contributed by atoms with Crippen LogP contribution in [0.5, 0.6) is 0 Å². The van der Waals surface area contributed by atoms with Crippen LogP contribution in [0.25, 0.3) is 0 Å². The van der Waals surface area contributed by atoms with Gasteiger partial charge in [-0.05, 0) is 12.0 Å². The van der Waals surface area contributed by atoms with Gasteiger partial charge < -0.3 is 15.5 Å². The minimum Gasteiger partial charge on any atom is -0.352 e. The number of carbonyl (C=O) groups is 1. The number of hydrogen-bond acceptors (Lipinski definition) is 5. The van der Waals surface area contributed by atoms with Crippen LogP contribution in [0, 0.1) is 0 Å². The number of amides is 1. The zero-order valence-electron chi connectivity index (χ0n) is 15.2. The highest BCUT2D eigenvalue weighted by atomic mass is 16.2. The van der Waals surface area contributed by atoms with Crippen molar-refractivity contribution in [2.75, 3.05) is 23.4 Å². The Kier molecular flexibility index (Phi) is 4.83. The number of carbonyl (C=O) groups excluding carboxylic acids is 1. The van der Waals surface area contributed by atoms with Crippen molar-refractivity contribution in [3.63, 3.8) is 0 Å². The van der Waals surface area contributed by atoms with Gasteiger partial charge >= 0.3 is 5.69 Å². The van der Waals surface area contributed by atoms with E-state index in [1.807, 2.05) is 37.3 Å². The molecule has 2 heterocycles. The molecule has 1 atom stereocenters. The van der Waals surface area contributed by atoms with Gasteiger partial charge in [-0.2, -0.15) is 0 Å². The molecule has 3 rings (SSSR count). The zero-order valence-corrected chi connectivity index (χ0v) is 15.2. The second-order valence-corrected chi connectivity index (χ2v) is 6.37. The van der Waals surface area contributed by atoms with Crippen LogP contribution in [-0.2, 0) is 18.9 Å². The van der Waals surface area contributed by atoms with E-state index in [9.17, 15) is 14.4 Å². The zero-order chi connectivity index (χ0) is 18.8. The molecule has 0 spiro atoms. The number of anilines is 2. The Morgan fingerprint density at radius 3 is 2.54 bits per heavy atom. The summed E-state index contributed by atoms with van der Waals surface area (Å²) in [5.41, 5.74) is 0.581. The first-order valence-corrected chi connectivity index (χ1v) is 8.57. The summed E-state index contributed by atoms with van der Waals surface area (Å²) < 4.78 is 2.43. The summed E-state index contributed by atoms with van der Waals surface area (Å²) in [7, 11) is 3.03. The number of nitrogens with one attached hydrogen (secondary N) is 2. The van der Waals surface area contributed by atoms with Gasteiger partial charge in [0.25, 0.3) is 5.56 Å². The molecule has 1 aliphatic rings. The van der Waals surface area contributed by atoms with Crippen molar-refractivity contribution in [3.05, 3.63) is 56.7 Å². The number of rotatable bonds is 5. The number of hydrogen-bond donors (Lipinski definition) is 2. The van der Waals surface area contributed by atoms with E-state index in [-0.39, 0.29) is 18.5 Å². The highest BCUT2D eigenvalue weighted by Gasteiger charge is 2.28. The van der Waals surface area contributed by atoms with E-state index in [0.717, 1.165) is 16.6 Å². The number of nitrogens with zero attached hydrogens (tertiary/aromatic N) is 3. The lowest BCUT2D eigenvalue weighted by Crippen LogP contribution is -2.42. The predicted molar refractivity (Wildman–Crippen MR) is 100 cm³/mol. The smallest absolute Gasteiger partial charge is 0.332 e. The van der Waals surface area contributed by atoms with Crippen molar-refractivity contribution in [1.29, 1.82) is 0 Å². The summed E-state index contributed by atoms with van der Waals surface area (Å²) in [5.74, 6) is 0.271. The Bertz CT molecular complexity index is 932. The molecule has 138 valence electrons. The lowest BCUT2D eigenvalue weighted by atomic mass is 10.0. The van der Waals surface area contributed by atoms with Crippen LogP contribution in [0.1, 0.15) is 24.9 Å². The molecule has 1 unspecified atom stereocenters. The average Bonchev–Trinajstić information content (AvgIpc) is 3.07. The van der Waals surface area contributed by atoms with Crippen LogP contribution >= 0.6 is 0 Å². The van der Waals surface area contributed by atoms with Crippen molar-refractivity contribution in [3.8, 4) is 0 Å². The Balaban J connectivity index is 1.79. The number of benzene rings is 1. The fourth-order valence-electron chi connectivity index (χ4n) is 3.22. The average molecular weight is 357 g/mol. The lowest BCUT2D eigenvalue weighted by Gasteiger charge is -2.21. The molecule has 0 radical (unpaired) electrons. The van der Waals surface area contributed by atoms with Crippen molar-refractivity contribution in [1.82, 2.24) is 14.5 Å². The molecule has 0 fully saturated rings. The molecule has 1 aromatic carbocycles. The molecule has 26 heavy (non-hydrogen) atoms. The minimum atomic E-state index is -0.406. The highest BCUT2D eigenvalue weighted by molar-refractivity contribution is 5.84. The summed E-state index contributed by atoms with van der Waals surface area (Å²) in [6, 6.07) is 9.69. The van der Waals surface area contributed by atoms with Gasteiger partial charge in [-0.1, -0.05) is 37.3 Å². The predicted octanol–water partition coefficient (Wildman–Crippen LogP) is 0.541. The number of fused-ring (bicyclic) bond motifs is 1. The molecule has 1 aliphatic heterocycles. The Morgan fingerprint density at radius 1 is 1.19 bits per heavy atom. The molecular weight excluding hydrogens is 334 g/mol.